The number of rotatable bonds is 3. The van der Waals surface area contributed by atoms with E-state index in [9.17, 15) is 0 Å². The summed E-state index contributed by atoms with van der Waals surface area (Å²) in [7, 11) is 0. The average Bonchev–Trinajstić information content (AvgIpc) is 2.65. The van der Waals surface area contributed by atoms with E-state index in [2.05, 4.69) is 9.97 Å². The Bertz CT molecular complexity index is 454. The van der Waals surface area contributed by atoms with Gasteiger partial charge < -0.3 is 4.98 Å². The summed E-state index contributed by atoms with van der Waals surface area (Å²) in [6.45, 7) is 0. The summed E-state index contributed by atoms with van der Waals surface area (Å²) in [5.74, 6) is 1.37. The Morgan fingerprint density at radius 3 is 2.75 bits per heavy atom. The molecule has 5 heteroatoms. The van der Waals surface area contributed by atoms with Crippen molar-refractivity contribution in [2.45, 2.75) is 12.3 Å². The third-order valence-corrected chi connectivity index (χ3v) is 2.61. The van der Waals surface area contributed by atoms with Crippen LogP contribution in [0.5, 0.6) is 0 Å². The largest absolute Gasteiger partial charge is 0.345 e. The molecule has 0 spiro atoms. The average molecular weight is 278 g/mol. The number of hydrogen-bond donors (Lipinski definition) is 1. The zero-order valence-corrected chi connectivity index (χ0v) is 10.7. The quantitative estimate of drug-likeness (QED) is 0.849. The predicted molar refractivity (Wildman–Crippen MR) is 69.7 cm³/mol. The van der Waals surface area contributed by atoms with E-state index in [-0.39, 0.29) is 12.4 Å². The summed E-state index contributed by atoms with van der Waals surface area (Å²) in [6.07, 6.45) is 2.50. The molecule has 0 aliphatic carbocycles. The van der Waals surface area contributed by atoms with Crippen molar-refractivity contribution in [2.75, 3.05) is 0 Å². The van der Waals surface area contributed by atoms with E-state index in [1.165, 1.54) is 0 Å². The Hall–Kier alpha value is -0.700. The summed E-state index contributed by atoms with van der Waals surface area (Å²) in [6, 6.07) is 7.75. The van der Waals surface area contributed by atoms with E-state index in [1.807, 2.05) is 24.3 Å². The predicted octanol–water partition coefficient (Wildman–Crippen LogP) is 3.81. The van der Waals surface area contributed by atoms with Gasteiger partial charge in [0.15, 0.2) is 0 Å². The Morgan fingerprint density at radius 2 is 2.12 bits per heavy atom. The maximum Gasteiger partial charge on any atom is 0.110 e. The molecule has 1 aromatic heterocycles. The fourth-order valence-electron chi connectivity index (χ4n) is 1.40. The molecule has 0 aliphatic heterocycles. The molecule has 16 heavy (non-hydrogen) atoms. The van der Waals surface area contributed by atoms with E-state index in [0.29, 0.717) is 5.88 Å². The fraction of sp³-hybridized carbons (Fsp3) is 0.182. The van der Waals surface area contributed by atoms with Gasteiger partial charge in [-0.3, -0.25) is 0 Å². The third-order valence-electron chi connectivity index (χ3n) is 2.09. The highest BCUT2D eigenvalue weighted by Crippen LogP contribution is 2.13. The molecule has 2 nitrogen and oxygen atoms in total. The van der Waals surface area contributed by atoms with Gasteiger partial charge in [-0.2, -0.15) is 0 Å². The zero-order chi connectivity index (χ0) is 10.7. The van der Waals surface area contributed by atoms with E-state index >= 15 is 0 Å². The molecule has 1 aromatic carbocycles. The van der Waals surface area contributed by atoms with Gasteiger partial charge in [-0.05, 0) is 17.7 Å². The molecular weight excluding hydrogens is 266 g/mol. The van der Waals surface area contributed by atoms with Crippen LogP contribution in [-0.4, -0.2) is 9.97 Å². The second-order valence-corrected chi connectivity index (χ2v) is 4.00. The first kappa shape index (κ1) is 13.4. The second kappa shape index (κ2) is 6.14. The highest BCUT2D eigenvalue weighted by atomic mass is 35.5. The van der Waals surface area contributed by atoms with E-state index < -0.39 is 0 Å². The van der Waals surface area contributed by atoms with Crippen LogP contribution in [0.1, 0.15) is 17.1 Å². The van der Waals surface area contributed by atoms with Crippen molar-refractivity contribution in [1.29, 1.82) is 0 Å². The molecule has 0 aliphatic rings. The van der Waals surface area contributed by atoms with Gasteiger partial charge in [0.1, 0.15) is 5.82 Å². The fourth-order valence-corrected chi connectivity index (χ4v) is 1.75. The minimum absolute atomic E-state index is 0. The van der Waals surface area contributed by atoms with Crippen LogP contribution in [-0.2, 0) is 12.3 Å². The molecule has 0 saturated heterocycles. The molecule has 2 rings (SSSR count). The maximum atomic E-state index is 5.89. The number of hydrogen-bond acceptors (Lipinski definition) is 1. The van der Waals surface area contributed by atoms with Crippen molar-refractivity contribution >= 4 is 35.6 Å². The first-order valence-corrected chi connectivity index (χ1v) is 5.52. The van der Waals surface area contributed by atoms with Crippen molar-refractivity contribution in [2.24, 2.45) is 0 Å². The van der Waals surface area contributed by atoms with Crippen molar-refractivity contribution < 1.29 is 0 Å². The smallest absolute Gasteiger partial charge is 0.110 e. The molecule has 86 valence electrons. The maximum absolute atomic E-state index is 5.89. The van der Waals surface area contributed by atoms with E-state index in [1.54, 1.807) is 6.20 Å². The molecule has 0 bridgehead atoms. The summed E-state index contributed by atoms with van der Waals surface area (Å²) < 4.78 is 0. The molecule has 0 fully saturated rings. The van der Waals surface area contributed by atoms with Gasteiger partial charge in [0.2, 0.25) is 0 Å². The molecule has 0 unspecified atom stereocenters. The third kappa shape index (κ3) is 3.41. The van der Waals surface area contributed by atoms with Crippen LogP contribution in [0.3, 0.4) is 0 Å². The normalized spacial score (nSPS) is 9.88. The lowest BCUT2D eigenvalue weighted by molar-refractivity contribution is 1.01. The van der Waals surface area contributed by atoms with Crippen molar-refractivity contribution in [3.8, 4) is 0 Å². The SMILES string of the molecule is Cl.ClCc1cnc(Cc2cccc(Cl)c2)[nH]1. The van der Waals surface area contributed by atoms with Gasteiger partial charge in [-0.15, -0.1) is 24.0 Å². The Morgan fingerprint density at radius 1 is 1.31 bits per heavy atom. The van der Waals surface area contributed by atoms with Crippen LogP contribution in [0.4, 0.5) is 0 Å². The number of H-pyrrole nitrogens is 1. The van der Waals surface area contributed by atoms with Crippen LogP contribution in [0.25, 0.3) is 0 Å². The molecule has 1 heterocycles. The van der Waals surface area contributed by atoms with Gasteiger partial charge in [0.25, 0.3) is 0 Å². The molecular formula is C11H11Cl3N2. The first-order chi connectivity index (χ1) is 7.28. The highest BCUT2D eigenvalue weighted by Gasteiger charge is 2.01. The van der Waals surface area contributed by atoms with Crippen LogP contribution in [0.15, 0.2) is 30.5 Å². The number of imidazole rings is 1. The van der Waals surface area contributed by atoms with Gasteiger partial charge in [-0.25, -0.2) is 4.98 Å². The van der Waals surface area contributed by atoms with Crippen molar-refractivity contribution in [3.05, 3.63) is 52.6 Å². The molecule has 1 N–H and O–H groups in total. The number of halogens is 3. The van der Waals surface area contributed by atoms with E-state index in [0.717, 1.165) is 28.5 Å². The Balaban J connectivity index is 0.00000128. The second-order valence-electron chi connectivity index (χ2n) is 3.30. The minimum atomic E-state index is 0. The summed E-state index contributed by atoms with van der Waals surface area (Å²) in [5, 5.41) is 0.747. The number of benzene rings is 1. The lowest BCUT2D eigenvalue weighted by atomic mass is 10.1. The molecule has 0 radical (unpaired) electrons. The number of alkyl halides is 1. The van der Waals surface area contributed by atoms with Crippen LogP contribution >= 0.6 is 35.6 Å². The molecule has 2 aromatic rings. The summed E-state index contributed by atoms with van der Waals surface area (Å²) >= 11 is 11.6. The monoisotopic (exact) mass is 276 g/mol. The number of aromatic amines is 1. The number of nitrogens with one attached hydrogen (secondary N) is 1. The van der Waals surface area contributed by atoms with Gasteiger partial charge in [0.05, 0.1) is 5.88 Å². The van der Waals surface area contributed by atoms with Gasteiger partial charge >= 0.3 is 0 Å². The van der Waals surface area contributed by atoms with Crippen molar-refractivity contribution in [3.63, 3.8) is 0 Å². The topological polar surface area (TPSA) is 28.7 Å². The van der Waals surface area contributed by atoms with E-state index in [4.69, 9.17) is 23.2 Å². The standard InChI is InChI=1S/C11H10Cl2N2.ClH/c12-6-10-7-14-11(15-10)5-8-2-1-3-9(13)4-8;/h1-4,7H,5-6H2,(H,14,15);1H. The summed E-state index contributed by atoms with van der Waals surface area (Å²) in [4.78, 5) is 7.37. The van der Waals surface area contributed by atoms with Gasteiger partial charge in [0, 0.05) is 23.3 Å². The highest BCUT2D eigenvalue weighted by molar-refractivity contribution is 6.30. The number of aromatic nitrogens is 2. The van der Waals surface area contributed by atoms with Crippen LogP contribution in [0.2, 0.25) is 5.02 Å². The molecule has 0 atom stereocenters. The summed E-state index contributed by atoms with van der Waals surface area (Å²) in [5.41, 5.74) is 2.08. The van der Waals surface area contributed by atoms with Crippen molar-refractivity contribution in [1.82, 2.24) is 9.97 Å². The first-order valence-electron chi connectivity index (χ1n) is 4.61. The number of nitrogens with zero attached hydrogens (tertiary/aromatic N) is 1. The Kier molecular flexibility index (Phi) is 5.13. The lowest BCUT2D eigenvalue weighted by Gasteiger charge is -1.98. The zero-order valence-electron chi connectivity index (χ0n) is 8.41. The van der Waals surface area contributed by atoms with Crippen LogP contribution < -0.4 is 0 Å². The van der Waals surface area contributed by atoms with Gasteiger partial charge in [-0.1, -0.05) is 23.7 Å². The lowest BCUT2D eigenvalue weighted by Crippen LogP contribution is -1.90. The molecule has 0 amide bonds. The minimum Gasteiger partial charge on any atom is -0.345 e. The van der Waals surface area contributed by atoms with Crippen LogP contribution in [0, 0.1) is 0 Å². The Labute approximate surface area is 110 Å². The molecule has 0 saturated carbocycles.